The molecular weight excluding hydrogens is 284 g/mol. The lowest BCUT2D eigenvalue weighted by Gasteiger charge is -2.14. The van der Waals surface area contributed by atoms with E-state index in [1.165, 1.54) is 6.07 Å². The van der Waals surface area contributed by atoms with Gasteiger partial charge in [0.25, 0.3) is 5.69 Å². The van der Waals surface area contributed by atoms with E-state index in [-0.39, 0.29) is 22.9 Å². The van der Waals surface area contributed by atoms with Gasteiger partial charge in [-0.2, -0.15) is 0 Å². The lowest BCUT2D eigenvalue weighted by Crippen LogP contribution is -2.09. The summed E-state index contributed by atoms with van der Waals surface area (Å²) in [4.78, 5) is 21.6. The molecule has 0 fully saturated rings. The number of rotatable bonds is 5. The van der Waals surface area contributed by atoms with Crippen molar-refractivity contribution >= 4 is 17.3 Å². The van der Waals surface area contributed by atoms with E-state index in [4.69, 9.17) is 10.8 Å². The predicted octanol–water partition coefficient (Wildman–Crippen LogP) is 3.22. The zero-order chi connectivity index (χ0) is 16.3. The van der Waals surface area contributed by atoms with Gasteiger partial charge in [0.1, 0.15) is 0 Å². The van der Waals surface area contributed by atoms with Gasteiger partial charge in [0.05, 0.1) is 10.5 Å². The summed E-state index contributed by atoms with van der Waals surface area (Å²) in [6.45, 7) is 1.97. The Bertz CT molecular complexity index is 714. The second-order valence-electron chi connectivity index (χ2n) is 5.14. The van der Waals surface area contributed by atoms with Gasteiger partial charge >= 0.3 is 5.97 Å². The van der Waals surface area contributed by atoms with Crippen molar-refractivity contribution in [1.82, 2.24) is 0 Å². The number of nitrogen functional groups attached to an aromatic ring is 1. The maximum absolute atomic E-state index is 11.2. The van der Waals surface area contributed by atoms with Crippen LogP contribution >= 0.6 is 0 Å². The number of hydrogen-bond donors (Lipinski definition) is 2. The first-order chi connectivity index (χ1) is 10.4. The highest BCUT2D eigenvalue weighted by Crippen LogP contribution is 2.29. The summed E-state index contributed by atoms with van der Waals surface area (Å²) >= 11 is 0. The molecule has 22 heavy (non-hydrogen) atoms. The fraction of sp³-hybridized carbons (Fsp3) is 0.188. The van der Waals surface area contributed by atoms with Crippen molar-refractivity contribution < 1.29 is 14.8 Å². The number of nitro benzene ring substituents is 1. The minimum absolute atomic E-state index is 0.0622. The summed E-state index contributed by atoms with van der Waals surface area (Å²) in [7, 11) is 0. The standard InChI is InChI=1S/C16H16N2O4/c1-10(11-5-3-2-4-6-11)7-12-8-13(18(21)22)9-14(15(12)17)16(19)20/h2-6,8-10H,7,17H2,1H3,(H,19,20). The van der Waals surface area contributed by atoms with Gasteiger partial charge < -0.3 is 10.8 Å². The number of nitrogens with two attached hydrogens (primary N) is 1. The van der Waals surface area contributed by atoms with Crippen LogP contribution in [-0.4, -0.2) is 16.0 Å². The van der Waals surface area contributed by atoms with Crippen LogP contribution in [0.1, 0.15) is 34.3 Å². The number of nitrogens with zero attached hydrogens (tertiary/aromatic N) is 1. The van der Waals surface area contributed by atoms with Gasteiger partial charge in [-0.15, -0.1) is 0 Å². The molecule has 0 saturated heterocycles. The largest absolute Gasteiger partial charge is 0.478 e. The van der Waals surface area contributed by atoms with Crippen molar-refractivity contribution in [2.24, 2.45) is 0 Å². The van der Waals surface area contributed by atoms with Crippen LogP contribution in [0.15, 0.2) is 42.5 Å². The van der Waals surface area contributed by atoms with Crippen LogP contribution in [0.25, 0.3) is 0 Å². The molecule has 3 N–H and O–H groups in total. The van der Waals surface area contributed by atoms with Crippen LogP contribution in [0.2, 0.25) is 0 Å². The van der Waals surface area contributed by atoms with Crippen molar-refractivity contribution in [3.05, 3.63) is 69.3 Å². The van der Waals surface area contributed by atoms with Gasteiger partial charge in [-0.05, 0) is 23.5 Å². The SMILES string of the molecule is CC(Cc1cc([N+](=O)[O-])cc(C(=O)O)c1N)c1ccccc1. The summed E-state index contributed by atoms with van der Waals surface area (Å²) in [6.07, 6.45) is 0.428. The third kappa shape index (κ3) is 3.22. The molecule has 0 aliphatic carbocycles. The normalized spacial score (nSPS) is 11.9. The Balaban J connectivity index is 2.41. The van der Waals surface area contributed by atoms with Gasteiger partial charge in [0.15, 0.2) is 0 Å². The number of carbonyl (C=O) groups is 1. The van der Waals surface area contributed by atoms with Crippen molar-refractivity contribution in [2.45, 2.75) is 19.3 Å². The average Bonchev–Trinajstić information content (AvgIpc) is 2.49. The third-order valence-corrected chi connectivity index (χ3v) is 3.59. The van der Waals surface area contributed by atoms with Crippen LogP contribution < -0.4 is 5.73 Å². The van der Waals surface area contributed by atoms with E-state index < -0.39 is 10.9 Å². The molecule has 1 unspecified atom stereocenters. The molecule has 0 saturated carbocycles. The predicted molar refractivity (Wildman–Crippen MR) is 83.0 cm³/mol. The number of anilines is 1. The van der Waals surface area contributed by atoms with Crippen LogP contribution in [0.3, 0.4) is 0 Å². The Kier molecular flexibility index (Phi) is 4.41. The van der Waals surface area contributed by atoms with Gasteiger partial charge in [-0.25, -0.2) is 4.79 Å². The molecule has 0 bridgehead atoms. The Morgan fingerprint density at radius 1 is 1.32 bits per heavy atom. The Morgan fingerprint density at radius 3 is 2.50 bits per heavy atom. The number of aromatic carboxylic acids is 1. The molecule has 114 valence electrons. The van der Waals surface area contributed by atoms with Gasteiger partial charge in [0, 0.05) is 17.8 Å². The van der Waals surface area contributed by atoms with E-state index in [0.29, 0.717) is 12.0 Å². The molecule has 0 aliphatic heterocycles. The number of hydrogen-bond acceptors (Lipinski definition) is 4. The minimum Gasteiger partial charge on any atom is -0.478 e. The topological polar surface area (TPSA) is 106 Å². The van der Waals surface area contributed by atoms with Crippen molar-refractivity contribution in [3.8, 4) is 0 Å². The minimum atomic E-state index is -1.27. The van der Waals surface area contributed by atoms with E-state index in [0.717, 1.165) is 11.6 Å². The van der Waals surface area contributed by atoms with Crippen molar-refractivity contribution in [2.75, 3.05) is 5.73 Å². The lowest BCUT2D eigenvalue weighted by molar-refractivity contribution is -0.384. The number of carboxylic acids is 1. The Labute approximate surface area is 127 Å². The smallest absolute Gasteiger partial charge is 0.338 e. The van der Waals surface area contributed by atoms with Gasteiger partial charge in [-0.1, -0.05) is 37.3 Å². The molecule has 2 aromatic rings. The molecule has 0 aromatic heterocycles. The highest BCUT2D eigenvalue weighted by molar-refractivity contribution is 5.95. The first-order valence-corrected chi connectivity index (χ1v) is 6.75. The monoisotopic (exact) mass is 300 g/mol. The molecule has 6 nitrogen and oxygen atoms in total. The van der Waals surface area contributed by atoms with E-state index in [1.807, 2.05) is 37.3 Å². The molecule has 0 spiro atoms. The molecule has 0 heterocycles. The van der Waals surface area contributed by atoms with Gasteiger partial charge in [0.2, 0.25) is 0 Å². The van der Waals surface area contributed by atoms with E-state index >= 15 is 0 Å². The lowest BCUT2D eigenvalue weighted by atomic mass is 9.91. The van der Waals surface area contributed by atoms with E-state index in [1.54, 1.807) is 0 Å². The fourth-order valence-corrected chi connectivity index (χ4v) is 2.38. The summed E-state index contributed by atoms with van der Waals surface area (Å²) in [5.74, 6) is -1.21. The maximum atomic E-state index is 11.2. The summed E-state index contributed by atoms with van der Waals surface area (Å²) < 4.78 is 0. The summed E-state index contributed by atoms with van der Waals surface area (Å²) in [6, 6.07) is 12.0. The Hall–Kier alpha value is -2.89. The highest BCUT2D eigenvalue weighted by Gasteiger charge is 2.20. The highest BCUT2D eigenvalue weighted by atomic mass is 16.6. The summed E-state index contributed by atoms with van der Waals surface area (Å²) in [5, 5.41) is 20.1. The number of non-ortho nitro benzene ring substituents is 1. The first kappa shape index (κ1) is 15.5. The van der Waals surface area contributed by atoms with Crippen molar-refractivity contribution in [3.63, 3.8) is 0 Å². The van der Waals surface area contributed by atoms with E-state index in [2.05, 4.69) is 0 Å². The molecule has 0 amide bonds. The van der Waals surface area contributed by atoms with E-state index in [9.17, 15) is 14.9 Å². The number of benzene rings is 2. The molecule has 6 heteroatoms. The fourth-order valence-electron chi connectivity index (χ4n) is 2.38. The van der Waals surface area contributed by atoms with Crippen LogP contribution in [0.5, 0.6) is 0 Å². The van der Waals surface area contributed by atoms with Crippen molar-refractivity contribution in [1.29, 1.82) is 0 Å². The first-order valence-electron chi connectivity index (χ1n) is 6.75. The zero-order valence-electron chi connectivity index (χ0n) is 12.0. The molecule has 1 atom stereocenters. The second-order valence-corrected chi connectivity index (χ2v) is 5.14. The maximum Gasteiger partial charge on any atom is 0.338 e. The summed E-state index contributed by atoms with van der Waals surface area (Å²) in [5.41, 5.74) is 7.00. The molecule has 2 rings (SSSR count). The molecular formula is C16H16N2O4. The quantitative estimate of drug-likeness (QED) is 0.501. The van der Waals surface area contributed by atoms with Crippen LogP contribution in [0.4, 0.5) is 11.4 Å². The van der Waals surface area contributed by atoms with Crippen LogP contribution in [-0.2, 0) is 6.42 Å². The molecule has 0 aliphatic rings. The number of carboxylic acid groups (broad SMARTS) is 1. The van der Waals surface area contributed by atoms with Crippen LogP contribution in [0, 0.1) is 10.1 Å². The number of nitro groups is 1. The Morgan fingerprint density at radius 2 is 1.95 bits per heavy atom. The second kappa shape index (κ2) is 6.26. The zero-order valence-corrected chi connectivity index (χ0v) is 12.0. The average molecular weight is 300 g/mol. The third-order valence-electron chi connectivity index (χ3n) is 3.59. The van der Waals surface area contributed by atoms with Gasteiger partial charge in [-0.3, -0.25) is 10.1 Å². The molecule has 2 aromatic carbocycles. The molecule has 0 radical (unpaired) electrons.